The second-order valence-corrected chi connectivity index (χ2v) is 10.7. The number of carbonyl (C=O) groups excluding carboxylic acids is 3. The van der Waals surface area contributed by atoms with Crippen LogP contribution in [0.4, 0.5) is 0 Å². The second-order valence-electron chi connectivity index (χ2n) is 10.7. The Morgan fingerprint density at radius 1 is 0.805 bits per heavy atom. The summed E-state index contributed by atoms with van der Waals surface area (Å²) in [7, 11) is 4.50. The smallest absolute Gasteiger partial charge is 0.323 e. The van der Waals surface area contributed by atoms with Crippen molar-refractivity contribution in [2.24, 2.45) is 12.5 Å². The fraction of sp³-hybridized carbons (Fsp3) is 0.229. The van der Waals surface area contributed by atoms with Crippen LogP contribution in [-0.4, -0.2) is 36.5 Å². The Hall–Kier alpha value is -4.71. The number of rotatable bonds is 6. The van der Waals surface area contributed by atoms with Gasteiger partial charge < -0.3 is 14.0 Å². The Morgan fingerprint density at radius 3 is 2.15 bits per heavy atom. The van der Waals surface area contributed by atoms with Gasteiger partial charge in [-0.25, -0.2) is 0 Å². The van der Waals surface area contributed by atoms with Gasteiger partial charge >= 0.3 is 11.9 Å². The molecule has 2 unspecified atom stereocenters. The number of fused-ring (bicyclic) bond motifs is 4. The summed E-state index contributed by atoms with van der Waals surface area (Å²) in [6, 6.07) is 31.4. The van der Waals surface area contributed by atoms with Gasteiger partial charge in [0, 0.05) is 47.5 Å². The number of benzene rings is 4. The van der Waals surface area contributed by atoms with Crippen LogP contribution in [0.1, 0.15) is 51.9 Å². The molecule has 0 saturated heterocycles. The van der Waals surface area contributed by atoms with E-state index in [2.05, 4.69) is 36.4 Å². The Balaban J connectivity index is 1.65. The van der Waals surface area contributed by atoms with Gasteiger partial charge in [-0.2, -0.15) is 0 Å². The van der Waals surface area contributed by atoms with Gasteiger partial charge in [0.2, 0.25) is 0 Å². The average molecular weight is 546 g/mol. The van der Waals surface area contributed by atoms with E-state index in [-0.39, 0.29) is 24.5 Å². The van der Waals surface area contributed by atoms with Crippen molar-refractivity contribution < 1.29 is 23.9 Å². The molecule has 0 fully saturated rings. The van der Waals surface area contributed by atoms with Gasteiger partial charge in [0.1, 0.15) is 0 Å². The highest BCUT2D eigenvalue weighted by atomic mass is 16.5. The quantitative estimate of drug-likeness (QED) is 0.137. The van der Waals surface area contributed by atoms with Crippen molar-refractivity contribution >= 4 is 39.4 Å². The highest BCUT2D eigenvalue weighted by Crippen LogP contribution is 2.57. The standard InChI is InChI=1S/C35H31NO5/c1-36-29-16-10-9-15-26(29)31-27(25-18-17-22-11-7-8-14-24(22)19-25)21-35(33(38)40-2,34(39)41-3)28(32(31)36)20-30(37)23-12-5-4-6-13-23/h4-19,27-28H,20-21H2,1-3H3. The van der Waals surface area contributed by atoms with E-state index in [1.54, 1.807) is 24.3 Å². The number of ether oxygens (including phenoxy) is 2. The maximum absolute atomic E-state index is 13.9. The van der Waals surface area contributed by atoms with Gasteiger partial charge in [0.25, 0.3) is 0 Å². The molecule has 0 aliphatic heterocycles. The number of carbonyl (C=O) groups is 3. The fourth-order valence-corrected chi connectivity index (χ4v) is 6.84. The summed E-state index contributed by atoms with van der Waals surface area (Å²) < 4.78 is 12.7. The number of esters is 2. The van der Waals surface area contributed by atoms with Gasteiger partial charge in [-0.3, -0.25) is 14.4 Å². The summed E-state index contributed by atoms with van der Waals surface area (Å²) in [5.41, 5.74) is 2.52. The van der Waals surface area contributed by atoms with Crippen molar-refractivity contribution in [3.05, 3.63) is 119 Å². The Morgan fingerprint density at radius 2 is 1.44 bits per heavy atom. The number of ketones is 1. The molecule has 2 atom stereocenters. The maximum atomic E-state index is 13.9. The van der Waals surface area contributed by atoms with Gasteiger partial charge in [0.05, 0.1) is 14.2 Å². The summed E-state index contributed by atoms with van der Waals surface area (Å²) in [5.74, 6) is -2.69. The molecule has 41 heavy (non-hydrogen) atoms. The van der Waals surface area contributed by atoms with E-state index in [1.165, 1.54) is 14.2 Å². The van der Waals surface area contributed by atoms with Crippen molar-refractivity contribution in [1.82, 2.24) is 4.57 Å². The minimum Gasteiger partial charge on any atom is -0.468 e. The van der Waals surface area contributed by atoms with Gasteiger partial charge in [-0.1, -0.05) is 91.0 Å². The molecule has 1 aliphatic rings. The molecule has 0 saturated carbocycles. The topological polar surface area (TPSA) is 74.6 Å². The molecule has 1 aromatic heterocycles. The van der Waals surface area contributed by atoms with E-state index in [1.807, 2.05) is 48.0 Å². The van der Waals surface area contributed by atoms with Crippen molar-refractivity contribution in [1.29, 1.82) is 0 Å². The number of aromatic nitrogens is 1. The highest BCUT2D eigenvalue weighted by Gasteiger charge is 2.61. The second kappa shape index (κ2) is 10.4. The third-order valence-electron chi connectivity index (χ3n) is 8.75. The van der Waals surface area contributed by atoms with Crippen molar-refractivity contribution in [2.45, 2.75) is 24.7 Å². The lowest BCUT2D eigenvalue weighted by Gasteiger charge is -2.43. The van der Waals surface area contributed by atoms with Crippen molar-refractivity contribution in [2.75, 3.05) is 14.2 Å². The summed E-state index contributed by atoms with van der Waals surface area (Å²) >= 11 is 0. The van der Waals surface area contributed by atoms with Gasteiger partial charge in [-0.05, 0) is 34.4 Å². The van der Waals surface area contributed by atoms with E-state index < -0.39 is 23.3 Å². The van der Waals surface area contributed by atoms with Crippen LogP contribution in [0.15, 0.2) is 97.1 Å². The monoisotopic (exact) mass is 545 g/mol. The lowest BCUT2D eigenvalue weighted by atomic mass is 9.59. The van der Waals surface area contributed by atoms with E-state index in [0.29, 0.717) is 5.56 Å². The number of nitrogens with zero attached hydrogens (tertiary/aromatic N) is 1. The molecular formula is C35H31NO5. The van der Waals surface area contributed by atoms with Crippen LogP contribution in [0.2, 0.25) is 0 Å². The molecule has 6 heteroatoms. The van der Waals surface area contributed by atoms with Crippen molar-refractivity contribution in [3.8, 4) is 0 Å². The third kappa shape index (κ3) is 4.13. The Kier molecular flexibility index (Phi) is 6.70. The van der Waals surface area contributed by atoms with Crippen LogP contribution in [0.3, 0.4) is 0 Å². The minimum absolute atomic E-state index is 0.0597. The first kappa shape index (κ1) is 26.5. The molecule has 206 valence electrons. The summed E-state index contributed by atoms with van der Waals surface area (Å²) in [5, 5.41) is 3.20. The SMILES string of the molecule is COC(=O)C1(C(=O)OC)CC(c2ccc3ccccc3c2)c2c(n(C)c3ccccc23)C1CC(=O)c1ccccc1. The molecular weight excluding hydrogens is 514 g/mol. The van der Waals surface area contributed by atoms with E-state index >= 15 is 0 Å². The number of aryl methyl sites for hydroxylation is 1. The summed E-state index contributed by atoms with van der Waals surface area (Å²) in [6.07, 6.45) is 0.0498. The predicted octanol–water partition coefficient (Wildman–Crippen LogP) is 6.56. The molecule has 6 rings (SSSR count). The summed E-state index contributed by atoms with van der Waals surface area (Å²) in [4.78, 5) is 41.5. The fourth-order valence-electron chi connectivity index (χ4n) is 6.84. The predicted molar refractivity (Wildman–Crippen MR) is 158 cm³/mol. The van der Waals surface area contributed by atoms with Crippen LogP contribution < -0.4 is 0 Å². The van der Waals surface area contributed by atoms with Gasteiger partial charge in [0.15, 0.2) is 11.2 Å². The lowest BCUT2D eigenvalue weighted by molar-refractivity contribution is -0.173. The number of hydrogen-bond donors (Lipinski definition) is 0. The first-order valence-electron chi connectivity index (χ1n) is 13.7. The van der Waals surface area contributed by atoms with Crippen LogP contribution in [0, 0.1) is 5.41 Å². The van der Waals surface area contributed by atoms with Gasteiger partial charge in [-0.15, -0.1) is 0 Å². The number of methoxy groups -OCH3 is 2. The molecule has 5 aromatic rings. The number of Topliss-reactive ketones (excluding diaryl/α,β-unsaturated/α-hetero) is 1. The van der Waals surface area contributed by atoms with E-state index in [0.717, 1.165) is 38.5 Å². The first-order chi connectivity index (χ1) is 19.9. The highest BCUT2D eigenvalue weighted by molar-refractivity contribution is 6.05. The van der Waals surface area contributed by atoms with E-state index in [4.69, 9.17) is 9.47 Å². The third-order valence-corrected chi connectivity index (χ3v) is 8.75. The van der Waals surface area contributed by atoms with Crippen molar-refractivity contribution in [3.63, 3.8) is 0 Å². The molecule has 6 nitrogen and oxygen atoms in total. The molecule has 0 radical (unpaired) electrons. The Labute approximate surface area is 238 Å². The zero-order chi connectivity index (χ0) is 28.7. The molecule has 0 bridgehead atoms. The lowest BCUT2D eigenvalue weighted by Crippen LogP contribution is -2.50. The van der Waals surface area contributed by atoms with Crippen LogP contribution in [-0.2, 0) is 26.1 Å². The zero-order valence-corrected chi connectivity index (χ0v) is 23.3. The molecule has 4 aromatic carbocycles. The number of para-hydroxylation sites is 1. The van der Waals surface area contributed by atoms with Crippen LogP contribution in [0.25, 0.3) is 21.7 Å². The molecule has 1 aliphatic carbocycles. The van der Waals surface area contributed by atoms with Crippen LogP contribution in [0.5, 0.6) is 0 Å². The maximum Gasteiger partial charge on any atom is 0.323 e. The molecule has 0 spiro atoms. The minimum atomic E-state index is -1.74. The number of hydrogen-bond acceptors (Lipinski definition) is 5. The average Bonchev–Trinajstić information content (AvgIpc) is 3.32. The molecule has 1 heterocycles. The largest absolute Gasteiger partial charge is 0.468 e. The first-order valence-corrected chi connectivity index (χ1v) is 13.7. The normalized spacial score (nSPS) is 17.6. The van der Waals surface area contributed by atoms with Crippen LogP contribution >= 0.6 is 0 Å². The molecule has 0 amide bonds. The summed E-state index contributed by atoms with van der Waals surface area (Å²) in [6.45, 7) is 0. The zero-order valence-electron chi connectivity index (χ0n) is 23.3. The van der Waals surface area contributed by atoms with E-state index in [9.17, 15) is 14.4 Å². The molecule has 0 N–H and O–H groups in total. The Bertz CT molecular complexity index is 1790.